The Morgan fingerprint density at radius 1 is 0.232 bits per heavy atom. The molecule has 0 aliphatic carbocycles. The van der Waals surface area contributed by atoms with Gasteiger partial charge in [-0.1, -0.05) is 133 Å². The number of anilines is 12. The Hall–Kier alpha value is -12.8. The van der Waals surface area contributed by atoms with Gasteiger partial charge < -0.3 is 65.7 Å². The summed E-state index contributed by atoms with van der Waals surface area (Å²) in [5.74, 6) is 3.74. The molecule has 14 nitrogen and oxygen atoms in total. The lowest BCUT2D eigenvalue weighted by molar-refractivity contribution is 0.588. The van der Waals surface area contributed by atoms with E-state index in [4.69, 9.17) is 26.5 Å². The van der Waals surface area contributed by atoms with Gasteiger partial charge in [-0.3, -0.25) is 0 Å². The van der Waals surface area contributed by atoms with Gasteiger partial charge in [0.25, 0.3) is 0 Å². The summed E-state index contributed by atoms with van der Waals surface area (Å²) in [5, 5.41) is 14.6. The van der Waals surface area contributed by atoms with Crippen molar-refractivity contribution in [2.24, 2.45) is 0 Å². The molecular formula is C96H80N8O6S2. The largest absolute Gasteiger partial charge is 0.456 e. The number of fused-ring (bicyclic) bond motifs is 24. The van der Waals surface area contributed by atoms with Gasteiger partial charge in [-0.2, -0.15) is 0 Å². The smallest absolute Gasteiger partial charge is 0.222 e. The van der Waals surface area contributed by atoms with Crippen LogP contribution >= 0.6 is 22.7 Å². The maximum absolute atomic E-state index is 6.24. The highest BCUT2D eigenvalue weighted by Crippen LogP contribution is 2.57. The third-order valence-corrected chi connectivity index (χ3v) is 26.3. The minimum Gasteiger partial charge on any atom is -0.456 e. The van der Waals surface area contributed by atoms with Crippen molar-refractivity contribution < 1.29 is 26.5 Å². The van der Waals surface area contributed by atoms with E-state index in [9.17, 15) is 0 Å². The van der Waals surface area contributed by atoms with Crippen LogP contribution in [0.2, 0.25) is 0 Å². The standard InChI is InChI=1S/2C24H20N2O2.2C24H20N2OS/c2*1-14-12-22-18(16-8-4-6-10-20(16)27-22)13-19(14)26-15(2)25(3)24-23(26)17-9-5-7-11-21(17)28-24;1-14-12-22-18(16-8-5-7-11-21(16)28-22)13-19(14)26-15(2)25(3)24-23(26)17-9-4-6-10-20(17)27-24;1-14-12-13-17-16-8-5-7-11-20(16)28-23(17)21(14)26-15(2)25(3)24-22(26)18-9-4-6-10-19(18)27-24/h4*4-13,15H,1-3H3/t4*15-/m0000/s1. The van der Waals surface area contributed by atoms with Gasteiger partial charge in [0, 0.05) is 124 Å². The number of nitrogens with zero attached hydrogens (tertiary/aromatic N) is 8. The molecule has 0 amide bonds. The summed E-state index contributed by atoms with van der Waals surface area (Å²) in [6.07, 6.45) is 0.701. The van der Waals surface area contributed by atoms with Crippen molar-refractivity contribution in [1.29, 1.82) is 0 Å². The summed E-state index contributed by atoms with van der Waals surface area (Å²) in [5.41, 5.74) is 21.9. The fraction of sp³-hybridized carbons (Fsp3) is 0.167. The number of para-hydroxylation sites is 6. The molecule has 20 aromatic rings. The van der Waals surface area contributed by atoms with E-state index in [0.29, 0.717) is 0 Å². The van der Waals surface area contributed by atoms with Gasteiger partial charge in [-0.25, -0.2) is 0 Å². The second-order valence-electron chi connectivity index (χ2n) is 30.4. The predicted molar refractivity (Wildman–Crippen MR) is 470 cm³/mol. The van der Waals surface area contributed by atoms with E-state index in [1.807, 2.05) is 89.4 Å². The van der Waals surface area contributed by atoms with E-state index in [-0.39, 0.29) is 24.7 Å². The maximum atomic E-state index is 6.24. The number of rotatable bonds is 4. The zero-order valence-corrected chi connectivity index (χ0v) is 65.9. The Bertz CT molecular complexity index is 6700. The van der Waals surface area contributed by atoms with Crippen LogP contribution < -0.4 is 39.2 Å². The third kappa shape index (κ3) is 9.99. The molecule has 4 atom stereocenters. The average Bonchev–Trinajstić information content (AvgIpc) is 1.61. The molecule has 4 aliphatic rings. The van der Waals surface area contributed by atoms with Crippen molar-refractivity contribution in [2.75, 3.05) is 67.4 Å². The zero-order chi connectivity index (χ0) is 76.0. The van der Waals surface area contributed by atoms with Crippen LogP contribution in [0.4, 0.5) is 69.0 Å². The minimum atomic E-state index is 0.160. The van der Waals surface area contributed by atoms with Crippen LogP contribution in [0.3, 0.4) is 0 Å². The van der Waals surface area contributed by atoms with Gasteiger partial charge in [0.2, 0.25) is 23.5 Å². The monoisotopic (exact) mass is 1500 g/mol. The summed E-state index contributed by atoms with van der Waals surface area (Å²) in [4.78, 5) is 18.5. The fourth-order valence-electron chi connectivity index (χ4n) is 17.9. The molecular weight excluding hydrogens is 1430 g/mol. The van der Waals surface area contributed by atoms with Gasteiger partial charge >= 0.3 is 0 Å². The molecule has 0 radical (unpaired) electrons. The van der Waals surface area contributed by atoms with Crippen LogP contribution in [0.1, 0.15) is 49.9 Å². The van der Waals surface area contributed by atoms with E-state index in [2.05, 4.69) is 299 Å². The third-order valence-electron chi connectivity index (χ3n) is 24.0. The van der Waals surface area contributed by atoms with Crippen molar-refractivity contribution in [3.8, 4) is 0 Å². The Morgan fingerprint density at radius 3 is 0.938 bits per heavy atom. The molecule has 0 spiro atoms. The van der Waals surface area contributed by atoms with E-state index in [1.165, 1.54) is 107 Å². The summed E-state index contributed by atoms with van der Waals surface area (Å²) < 4.78 is 42.4. The lowest BCUT2D eigenvalue weighted by atomic mass is 10.1. The summed E-state index contributed by atoms with van der Waals surface area (Å²) in [7, 11) is 8.41. The lowest BCUT2D eigenvalue weighted by Gasteiger charge is -2.29. The summed E-state index contributed by atoms with van der Waals surface area (Å²) >= 11 is 3.76. The minimum absolute atomic E-state index is 0.160. The number of aryl methyl sites for hydroxylation is 4. The first-order valence-electron chi connectivity index (χ1n) is 38.4. The Labute approximate surface area is 654 Å². The van der Waals surface area contributed by atoms with Crippen molar-refractivity contribution in [3.05, 3.63) is 265 Å². The number of furan rings is 6. The Balaban J connectivity index is 0.0000000943. The van der Waals surface area contributed by atoms with Crippen LogP contribution in [-0.4, -0.2) is 52.9 Å². The SMILES string of the molecule is Cc1cc2oc3ccccc3c2cc1N1c2c(oc3ccccc23)N(C)[C@@H]1C.Cc1cc2oc3ccccc3c2cc1N1c2c(oc3ccccc23)N(C)[C@@H]1C.Cc1cc2sc3ccccc3c2cc1N1c2c(oc3ccccc23)N(C)[C@@H]1C.Cc1ccc2c(sc3ccccc32)c1N1c2c(oc3ccccc23)N(C)[C@@H]1C. The zero-order valence-electron chi connectivity index (χ0n) is 64.2. The first-order valence-corrected chi connectivity index (χ1v) is 40.0. The van der Waals surface area contributed by atoms with E-state index >= 15 is 0 Å². The summed E-state index contributed by atoms with van der Waals surface area (Å²) in [6.45, 7) is 17.6. The Morgan fingerprint density at radius 2 is 0.536 bits per heavy atom. The Kier molecular flexibility index (Phi) is 15.3. The average molecular weight is 1510 g/mol. The molecule has 0 saturated heterocycles. The number of hydrogen-bond acceptors (Lipinski definition) is 16. The highest BCUT2D eigenvalue weighted by atomic mass is 32.1. The highest BCUT2D eigenvalue weighted by molar-refractivity contribution is 7.26. The number of benzene rings is 12. The van der Waals surface area contributed by atoms with E-state index < -0.39 is 0 Å². The molecule has 552 valence electrons. The van der Waals surface area contributed by atoms with Gasteiger partial charge in [-0.05, 0) is 187 Å². The molecule has 12 aromatic carbocycles. The molecule has 12 heterocycles. The molecule has 16 heteroatoms. The second kappa shape index (κ2) is 25.4. The maximum Gasteiger partial charge on any atom is 0.222 e. The number of thiophene rings is 2. The lowest BCUT2D eigenvalue weighted by Crippen LogP contribution is -2.36. The highest BCUT2D eigenvalue weighted by Gasteiger charge is 2.43. The topological polar surface area (TPSA) is 105 Å². The van der Waals surface area contributed by atoms with Crippen LogP contribution in [0, 0.1) is 27.7 Å². The molecule has 112 heavy (non-hydrogen) atoms. The summed E-state index contributed by atoms with van der Waals surface area (Å²) in [6, 6.07) is 85.0. The van der Waals surface area contributed by atoms with Crippen LogP contribution in [0.5, 0.6) is 0 Å². The predicted octanol–water partition coefficient (Wildman–Crippen LogP) is 27.2. The second-order valence-corrected chi connectivity index (χ2v) is 32.5. The first kappa shape index (κ1) is 67.4. The molecule has 0 bridgehead atoms. The van der Waals surface area contributed by atoms with Gasteiger partial charge in [0.05, 0.1) is 10.4 Å². The van der Waals surface area contributed by atoms with E-state index in [1.54, 1.807) is 0 Å². The van der Waals surface area contributed by atoms with Crippen molar-refractivity contribution in [1.82, 2.24) is 0 Å². The molecule has 0 unspecified atom stereocenters. The first-order chi connectivity index (χ1) is 54.5. The van der Waals surface area contributed by atoms with Gasteiger partial charge in [0.1, 0.15) is 92.1 Å². The van der Waals surface area contributed by atoms with E-state index in [0.717, 1.165) is 112 Å². The molecule has 0 fully saturated rings. The van der Waals surface area contributed by atoms with Crippen molar-refractivity contribution in [3.63, 3.8) is 0 Å². The molecule has 24 rings (SSSR count). The van der Waals surface area contributed by atoms with Crippen LogP contribution in [0.15, 0.2) is 269 Å². The molecule has 0 saturated carbocycles. The van der Waals surface area contributed by atoms with Crippen LogP contribution in [-0.2, 0) is 0 Å². The normalized spacial score (nSPS) is 16.6. The number of hydrogen-bond donors (Lipinski definition) is 0. The van der Waals surface area contributed by atoms with Gasteiger partial charge in [-0.15, -0.1) is 22.7 Å². The molecule has 4 aliphatic heterocycles. The van der Waals surface area contributed by atoms with Crippen molar-refractivity contribution >= 4 is 220 Å². The van der Waals surface area contributed by atoms with Crippen LogP contribution in [0.25, 0.3) is 128 Å². The van der Waals surface area contributed by atoms with Gasteiger partial charge in [0.15, 0.2) is 0 Å². The van der Waals surface area contributed by atoms with Crippen molar-refractivity contribution in [2.45, 2.75) is 80.1 Å². The fourth-order valence-corrected chi connectivity index (χ4v) is 20.4. The quantitative estimate of drug-likeness (QED) is 0.167. The molecule has 8 aromatic heterocycles. The molecule has 0 N–H and O–H groups in total.